The third-order valence-electron chi connectivity index (χ3n) is 3.40. The van der Waals surface area contributed by atoms with Crippen LogP contribution < -0.4 is 0 Å². The summed E-state index contributed by atoms with van der Waals surface area (Å²) in [7, 11) is 0. The van der Waals surface area contributed by atoms with Gasteiger partial charge < -0.3 is 4.74 Å². The Hall–Kier alpha value is -0.460. The van der Waals surface area contributed by atoms with Gasteiger partial charge in [0.2, 0.25) is 0 Å². The molecular formula is C10H11Cl2N3O2S. The Morgan fingerprint density at radius 2 is 2.39 bits per heavy atom. The Morgan fingerprint density at radius 3 is 3.06 bits per heavy atom. The number of hydrogen-bond acceptors (Lipinski definition) is 5. The summed E-state index contributed by atoms with van der Waals surface area (Å²) in [6.07, 6.45) is 2.38. The first kappa shape index (κ1) is 12.6. The van der Waals surface area contributed by atoms with E-state index >= 15 is 0 Å². The lowest BCUT2D eigenvalue weighted by Gasteiger charge is -2.25. The van der Waals surface area contributed by atoms with E-state index in [0.717, 1.165) is 17.3 Å². The van der Waals surface area contributed by atoms with Gasteiger partial charge in [0.25, 0.3) is 0 Å². The molecule has 8 heteroatoms. The van der Waals surface area contributed by atoms with Crippen molar-refractivity contribution in [1.29, 1.82) is 0 Å². The van der Waals surface area contributed by atoms with Crippen molar-refractivity contribution < 1.29 is 9.53 Å². The van der Waals surface area contributed by atoms with Crippen LogP contribution in [-0.4, -0.2) is 30.8 Å². The minimum absolute atomic E-state index is 0.356. The van der Waals surface area contributed by atoms with Crippen LogP contribution in [-0.2, 0) is 9.53 Å². The molecule has 98 valence electrons. The summed E-state index contributed by atoms with van der Waals surface area (Å²) in [5.74, 6) is 0.490. The summed E-state index contributed by atoms with van der Waals surface area (Å²) in [6.45, 7) is 1.72. The number of fused-ring (bicyclic) bond motifs is 1. The number of alkyl halides is 2. The Balaban J connectivity index is 1.74. The average Bonchev–Trinajstić information content (AvgIpc) is 2.69. The lowest BCUT2D eigenvalue weighted by molar-refractivity contribution is -0.161. The predicted molar refractivity (Wildman–Crippen MR) is 67.7 cm³/mol. The van der Waals surface area contributed by atoms with Gasteiger partial charge in [0.15, 0.2) is 11.4 Å². The maximum Gasteiger partial charge on any atom is 0.316 e. The van der Waals surface area contributed by atoms with E-state index in [9.17, 15) is 4.79 Å². The second kappa shape index (κ2) is 4.02. The summed E-state index contributed by atoms with van der Waals surface area (Å²) in [5.41, 5.74) is -0.797. The van der Waals surface area contributed by atoms with Gasteiger partial charge >= 0.3 is 5.97 Å². The zero-order chi connectivity index (χ0) is 13.0. The van der Waals surface area contributed by atoms with Crippen molar-refractivity contribution in [2.24, 2.45) is 5.41 Å². The number of esters is 1. The van der Waals surface area contributed by atoms with Gasteiger partial charge in [-0.15, -0.1) is 33.4 Å². The molecule has 1 aromatic rings. The molecule has 0 radical (unpaired) electrons. The fraction of sp³-hybridized carbons (Fsp3) is 0.700. The van der Waals surface area contributed by atoms with Crippen LogP contribution in [0.2, 0.25) is 0 Å². The highest BCUT2D eigenvalue weighted by molar-refractivity contribution is 7.99. The molecule has 0 saturated heterocycles. The summed E-state index contributed by atoms with van der Waals surface area (Å²) >= 11 is 13.5. The van der Waals surface area contributed by atoms with E-state index in [1.807, 2.05) is 0 Å². The van der Waals surface area contributed by atoms with Crippen molar-refractivity contribution in [3.63, 3.8) is 0 Å². The summed E-state index contributed by atoms with van der Waals surface area (Å²) < 4.78 is 6.27. The van der Waals surface area contributed by atoms with Crippen LogP contribution in [0.1, 0.15) is 26.0 Å². The van der Waals surface area contributed by atoms with Crippen LogP contribution in [0.25, 0.3) is 0 Å². The maximum absolute atomic E-state index is 12.1. The number of hydrogen-bond donors (Lipinski definition) is 0. The van der Waals surface area contributed by atoms with Crippen molar-refractivity contribution in [1.82, 2.24) is 14.8 Å². The molecule has 0 bridgehead atoms. The van der Waals surface area contributed by atoms with Gasteiger partial charge in [0.1, 0.15) is 16.1 Å². The first-order chi connectivity index (χ1) is 8.44. The zero-order valence-electron chi connectivity index (χ0n) is 9.60. The van der Waals surface area contributed by atoms with E-state index in [4.69, 9.17) is 27.9 Å². The van der Waals surface area contributed by atoms with Gasteiger partial charge in [-0.2, -0.15) is 0 Å². The molecule has 1 aliphatic heterocycles. The number of halogens is 2. The molecule has 0 N–H and O–H groups in total. The van der Waals surface area contributed by atoms with E-state index in [1.165, 1.54) is 0 Å². The highest BCUT2D eigenvalue weighted by Crippen LogP contribution is 2.64. The van der Waals surface area contributed by atoms with E-state index in [2.05, 4.69) is 10.2 Å². The Kier molecular flexibility index (Phi) is 2.80. The topological polar surface area (TPSA) is 57.0 Å². The minimum atomic E-state index is -0.997. The molecule has 0 spiro atoms. The largest absolute Gasteiger partial charge is 0.441 e. The number of rotatable bonds is 2. The van der Waals surface area contributed by atoms with Crippen LogP contribution in [0.3, 0.4) is 0 Å². The number of ether oxygens (including phenoxy) is 1. The predicted octanol–water partition coefficient (Wildman–Crippen LogP) is 2.40. The third-order valence-corrected chi connectivity index (χ3v) is 5.49. The molecule has 1 fully saturated rings. The van der Waals surface area contributed by atoms with Crippen LogP contribution in [0.5, 0.6) is 0 Å². The van der Waals surface area contributed by atoms with Crippen molar-refractivity contribution in [3.05, 3.63) is 6.33 Å². The molecule has 2 unspecified atom stereocenters. The number of carbonyl (C=O) groups excluding carboxylic acids is 1. The summed E-state index contributed by atoms with van der Waals surface area (Å²) in [6, 6.07) is 0. The molecule has 2 aliphatic rings. The minimum Gasteiger partial charge on any atom is -0.441 e. The molecule has 0 aromatic carbocycles. The molecule has 1 aromatic heterocycles. The van der Waals surface area contributed by atoms with Gasteiger partial charge in [0.05, 0.1) is 0 Å². The first-order valence-electron chi connectivity index (χ1n) is 5.55. The van der Waals surface area contributed by atoms with E-state index in [1.54, 1.807) is 29.6 Å². The molecule has 1 saturated carbocycles. The van der Waals surface area contributed by atoms with Gasteiger partial charge in [-0.05, 0) is 6.92 Å². The van der Waals surface area contributed by atoms with Crippen molar-refractivity contribution in [2.45, 2.75) is 35.5 Å². The molecule has 0 amide bonds. The SMILES string of the molecule is CC1(C(=O)OC2CCSc3nncn32)CC1(Cl)Cl. The monoisotopic (exact) mass is 307 g/mol. The molecule has 2 heterocycles. The highest BCUT2D eigenvalue weighted by atomic mass is 35.5. The van der Waals surface area contributed by atoms with Crippen LogP contribution >= 0.6 is 35.0 Å². The Morgan fingerprint density at radius 1 is 1.67 bits per heavy atom. The maximum atomic E-state index is 12.1. The van der Waals surface area contributed by atoms with Crippen molar-refractivity contribution in [2.75, 3.05) is 5.75 Å². The molecule has 18 heavy (non-hydrogen) atoms. The van der Waals surface area contributed by atoms with Crippen LogP contribution in [0.15, 0.2) is 11.5 Å². The summed E-state index contributed by atoms with van der Waals surface area (Å²) in [4.78, 5) is 12.1. The number of carbonyl (C=O) groups is 1. The smallest absolute Gasteiger partial charge is 0.316 e. The van der Waals surface area contributed by atoms with Gasteiger partial charge in [-0.1, -0.05) is 11.8 Å². The van der Waals surface area contributed by atoms with Gasteiger partial charge in [-0.25, -0.2) is 0 Å². The second-order valence-electron chi connectivity index (χ2n) is 4.73. The molecular weight excluding hydrogens is 297 g/mol. The third kappa shape index (κ3) is 1.82. The standard InChI is InChI=1S/C10H11Cl2N3O2S/c1-9(4-10(9,11)12)7(16)17-6-2-3-18-8-14-13-5-15(6)8/h5-6H,2-4H2,1H3. The molecule has 1 aliphatic carbocycles. The second-order valence-corrected chi connectivity index (χ2v) is 7.28. The number of nitrogens with zero attached hydrogens (tertiary/aromatic N) is 3. The molecule has 2 atom stereocenters. The summed E-state index contributed by atoms with van der Waals surface area (Å²) in [5, 5.41) is 8.54. The van der Waals surface area contributed by atoms with E-state index in [0.29, 0.717) is 6.42 Å². The number of aromatic nitrogens is 3. The van der Waals surface area contributed by atoms with Gasteiger partial charge in [-0.3, -0.25) is 9.36 Å². The fourth-order valence-electron chi connectivity index (χ4n) is 1.91. The Labute approximate surface area is 118 Å². The van der Waals surface area contributed by atoms with Crippen LogP contribution in [0, 0.1) is 5.41 Å². The highest BCUT2D eigenvalue weighted by Gasteiger charge is 2.69. The fourth-order valence-corrected chi connectivity index (χ4v) is 3.52. The molecule has 3 rings (SSSR count). The van der Waals surface area contributed by atoms with E-state index in [-0.39, 0.29) is 12.2 Å². The quantitative estimate of drug-likeness (QED) is 0.620. The van der Waals surface area contributed by atoms with Gasteiger partial charge in [0, 0.05) is 18.6 Å². The normalized spacial score (nSPS) is 32.7. The Bertz CT molecular complexity index is 507. The van der Waals surface area contributed by atoms with E-state index < -0.39 is 9.75 Å². The first-order valence-corrected chi connectivity index (χ1v) is 7.29. The lowest BCUT2D eigenvalue weighted by Crippen LogP contribution is -2.27. The average molecular weight is 308 g/mol. The van der Waals surface area contributed by atoms with Crippen molar-refractivity contribution >= 4 is 40.9 Å². The van der Waals surface area contributed by atoms with Crippen LogP contribution in [0.4, 0.5) is 0 Å². The lowest BCUT2D eigenvalue weighted by atomic mass is 10.1. The molecule has 5 nitrogen and oxygen atoms in total. The zero-order valence-corrected chi connectivity index (χ0v) is 11.9. The van der Waals surface area contributed by atoms with Crippen molar-refractivity contribution in [3.8, 4) is 0 Å². The number of thioether (sulfide) groups is 1.